The zero-order chi connectivity index (χ0) is 24.7. The number of unbranched alkanes of at least 4 members (excludes halogenated alkanes) is 2. The van der Waals surface area contributed by atoms with E-state index in [0.717, 1.165) is 61.0 Å². The van der Waals surface area contributed by atoms with Crippen LogP contribution in [0.15, 0.2) is 58.8 Å². The van der Waals surface area contributed by atoms with Crippen molar-refractivity contribution in [3.8, 4) is 11.3 Å². The Bertz CT molecular complexity index is 1190. The van der Waals surface area contributed by atoms with Gasteiger partial charge in [-0.3, -0.25) is 9.62 Å². The fourth-order valence-corrected chi connectivity index (χ4v) is 6.15. The van der Waals surface area contributed by atoms with Gasteiger partial charge in [0.2, 0.25) is 0 Å². The highest BCUT2D eigenvalue weighted by molar-refractivity contribution is 7.92. The molecule has 3 aromatic rings. The number of nitrogens with zero attached hydrogens (tertiary/aromatic N) is 3. The number of hydrogen-bond acceptors (Lipinski definition) is 7. The molecular formula is C26H34N4O3S2. The van der Waals surface area contributed by atoms with Crippen LogP contribution in [-0.2, 0) is 16.4 Å². The molecule has 0 spiro atoms. The summed E-state index contributed by atoms with van der Waals surface area (Å²) in [5.74, 6) is 0. The van der Waals surface area contributed by atoms with Crippen molar-refractivity contribution in [1.29, 1.82) is 0 Å². The van der Waals surface area contributed by atoms with E-state index in [1.165, 1.54) is 12.8 Å². The molecule has 1 saturated heterocycles. The first-order chi connectivity index (χ1) is 17.0. The lowest BCUT2D eigenvalue weighted by molar-refractivity contribution is 0.189. The Morgan fingerprint density at radius 3 is 2.54 bits per heavy atom. The molecule has 1 aromatic heterocycles. The first kappa shape index (κ1) is 25.6. The van der Waals surface area contributed by atoms with Gasteiger partial charge in [-0.05, 0) is 42.7 Å². The van der Waals surface area contributed by atoms with Gasteiger partial charge in [-0.1, -0.05) is 44.0 Å². The molecule has 1 fully saturated rings. The average molecular weight is 515 g/mol. The molecule has 4 rings (SSSR count). The highest BCUT2D eigenvalue weighted by atomic mass is 32.2. The summed E-state index contributed by atoms with van der Waals surface area (Å²) in [6.45, 7) is 6.65. The Balaban J connectivity index is 1.41. The number of anilines is 2. The monoisotopic (exact) mass is 514 g/mol. The SMILES string of the molecule is CCCCCc1ccc(S(=O)(=O)Nc2cccc(-c3csc(N4CCN(CCO)CC4)n3)c2)cc1. The number of nitrogens with one attached hydrogen (secondary N) is 1. The second kappa shape index (κ2) is 12.0. The van der Waals surface area contributed by atoms with Gasteiger partial charge in [0.15, 0.2) is 5.13 Å². The summed E-state index contributed by atoms with van der Waals surface area (Å²) >= 11 is 1.60. The third kappa shape index (κ3) is 6.82. The van der Waals surface area contributed by atoms with Crippen LogP contribution in [-0.4, -0.2) is 62.7 Å². The van der Waals surface area contributed by atoms with Crippen LogP contribution >= 0.6 is 11.3 Å². The molecule has 2 heterocycles. The van der Waals surface area contributed by atoms with E-state index >= 15 is 0 Å². The minimum Gasteiger partial charge on any atom is -0.395 e. The maximum atomic E-state index is 13.0. The smallest absolute Gasteiger partial charge is 0.261 e. The number of aromatic nitrogens is 1. The van der Waals surface area contributed by atoms with Crippen LogP contribution in [0.4, 0.5) is 10.8 Å². The van der Waals surface area contributed by atoms with E-state index in [1.807, 2.05) is 35.7 Å². The molecule has 0 saturated carbocycles. The Labute approximate surface area is 212 Å². The molecule has 2 N–H and O–H groups in total. The number of aliphatic hydroxyl groups is 1. The molecule has 0 radical (unpaired) electrons. The van der Waals surface area contributed by atoms with Crippen molar-refractivity contribution in [2.24, 2.45) is 0 Å². The van der Waals surface area contributed by atoms with Crippen LogP contribution in [0, 0.1) is 0 Å². The van der Waals surface area contributed by atoms with Gasteiger partial charge in [-0.25, -0.2) is 13.4 Å². The number of sulfonamides is 1. The van der Waals surface area contributed by atoms with Gasteiger partial charge in [0.1, 0.15) is 0 Å². The fourth-order valence-electron chi connectivity index (χ4n) is 4.22. The molecule has 9 heteroatoms. The lowest BCUT2D eigenvalue weighted by atomic mass is 10.1. The Morgan fingerprint density at radius 2 is 1.83 bits per heavy atom. The summed E-state index contributed by atoms with van der Waals surface area (Å²) < 4.78 is 28.6. The molecule has 7 nitrogen and oxygen atoms in total. The third-order valence-electron chi connectivity index (χ3n) is 6.26. The number of thiazole rings is 1. The third-order valence-corrected chi connectivity index (χ3v) is 8.56. The number of rotatable bonds is 11. The fraction of sp³-hybridized carbons (Fsp3) is 0.423. The summed E-state index contributed by atoms with van der Waals surface area (Å²) in [4.78, 5) is 9.59. The molecule has 0 amide bonds. The molecular weight excluding hydrogens is 480 g/mol. The van der Waals surface area contributed by atoms with E-state index in [-0.39, 0.29) is 11.5 Å². The quantitative estimate of drug-likeness (QED) is 0.368. The van der Waals surface area contributed by atoms with Crippen LogP contribution in [0.5, 0.6) is 0 Å². The number of hydrogen-bond donors (Lipinski definition) is 2. The van der Waals surface area contributed by atoms with E-state index in [0.29, 0.717) is 12.2 Å². The van der Waals surface area contributed by atoms with Crippen LogP contribution in [0.2, 0.25) is 0 Å². The second-order valence-electron chi connectivity index (χ2n) is 8.85. The topological polar surface area (TPSA) is 85.8 Å². The van der Waals surface area contributed by atoms with Crippen molar-refractivity contribution in [3.63, 3.8) is 0 Å². The van der Waals surface area contributed by atoms with E-state index in [4.69, 9.17) is 10.1 Å². The Kier molecular flexibility index (Phi) is 8.78. The highest BCUT2D eigenvalue weighted by Gasteiger charge is 2.20. The standard InChI is InChI=1S/C26H34N4O3S2/c1-2-3-4-6-21-9-11-24(12-10-21)35(32,33)28-23-8-5-7-22(19-23)25-20-34-26(27-25)30-15-13-29(14-16-30)17-18-31/h5,7-12,19-20,28,31H,2-4,6,13-18H2,1H3. The number of aliphatic hydroxyl groups excluding tert-OH is 1. The normalized spacial score (nSPS) is 14.9. The molecule has 188 valence electrons. The van der Waals surface area contributed by atoms with Gasteiger partial charge in [0.05, 0.1) is 17.2 Å². The average Bonchev–Trinajstić information content (AvgIpc) is 3.36. The molecule has 0 unspecified atom stereocenters. The van der Waals surface area contributed by atoms with Crippen molar-refractivity contribution in [2.45, 2.75) is 37.5 Å². The zero-order valence-corrected chi connectivity index (χ0v) is 21.8. The Hall–Kier alpha value is -2.46. The van der Waals surface area contributed by atoms with Gasteiger partial charge in [-0.2, -0.15) is 0 Å². The maximum Gasteiger partial charge on any atom is 0.261 e. The van der Waals surface area contributed by atoms with Gasteiger partial charge in [-0.15, -0.1) is 11.3 Å². The van der Waals surface area contributed by atoms with Crippen molar-refractivity contribution >= 4 is 32.2 Å². The largest absolute Gasteiger partial charge is 0.395 e. The van der Waals surface area contributed by atoms with Crippen molar-refractivity contribution in [3.05, 3.63) is 59.5 Å². The van der Waals surface area contributed by atoms with E-state index < -0.39 is 10.0 Å². The van der Waals surface area contributed by atoms with Crippen LogP contribution in [0.25, 0.3) is 11.3 Å². The lowest BCUT2D eigenvalue weighted by Crippen LogP contribution is -2.47. The number of piperazine rings is 1. The maximum absolute atomic E-state index is 13.0. The molecule has 0 atom stereocenters. The summed E-state index contributed by atoms with van der Waals surface area (Å²) in [7, 11) is -3.67. The van der Waals surface area contributed by atoms with E-state index in [2.05, 4.69) is 21.4 Å². The van der Waals surface area contributed by atoms with Crippen LogP contribution in [0.1, 0.15) is 31.7 Å². The number of benzene rings is 2. The molecule has 1 aliphatic heterocycles. The van der Waals surface area contributed by atoms with Crippen molar-refractivity contribution in [2.75, 3.05) is 49.0 Å². The minimum atomic E-state index is -3.67. The number of β-amino-alcohol motifs (C(OH)–C–C–N with tert-alkyl or cyclic N) is 1. The number of aryl methyl sites for hydroxylation is 1. The Morgan fingerprint density at radius 1 is 1.06 bits per heavy atom. The first-order valence-electron chi connectivity index (χ1n) is 12.2. The molecule has 1 aliphatic rings. The zero-order valence-electron chi connectivity index (χ0n) is 20.2. The summed E-state index contributed by atoms with van der Waals surface area (Å²) in [6.07, 6.45) is 4.43. The lowest BCUT2D eigenvalue weighted by Gasteiger charge is -2.34. The van der Waals surface area contributed by atoms with Crippen molar-refractivity contribution in [1.82, 2.24) is 9.88 Å². The predicted molar refractivity (Wildman–Crippen MR) is 144 cm³/mol. The molecule has 35 heavy (non-hydrogen) atoms. The van der Waals surface area contributed by atoms with E-state index in [1.54, 1.807) is 29.5 Å². The summed E-state index contributed by atoms with van der Waals surface area (Å²) in [5.41, 5.74) is 3.38. The van der Waals surface area contributed by atoms with Crippen molar-refractivity contribution < 1.29 is 13.5 Å². The van der Waals surface area contributed by atoms with Gasteiger partial charge < -0.3 is 10.0 Å². The highest BCUT2D eigenvalue weighted by Crippen LogP contribution is 2.30. The van der Waals surface area contributed by atoms with Gasteiger partial charge >= 0.3 is 0 Å². The van der Waals surface area contributed by atoms with Gasteiger partial charge in [0.25, 0.3) is 10.0 Å². The summed E-state index contributed by atoms with van der Waals surface area (Å²) in [5, 5.41) is 12.1. The molecule has 2 aromatic carbocycles. The van der Waals surface area contributed by atoms with Crippen LogP contribution < -0.4 is 9.62 Å². The van der Waals surface area contributed by atoms with Gasteiger partial charge in [0, 0.05) is 49.4 Å². The van der Waals surface area contributed by atoms with Crippen LogP contribution in [0.3, 0.4) is 0 Å². The summed E-state index contributed by atoms with van der Waals surface area (Å²) in [6, 6.07) is 14.5. The molecule has 0 aliphatic carbocycles. The molecule has 0 bridgehead atoms. The predicted octanol–water partition coefficient (Wildman–Crippen LogP) is 4.46. The second-order valence-corrected chi connectivity index (χ2v) is 11.4. The first-order valence-corrected chi connectivity index (χ1v) is 14.6. The minimum absolute atomic E-state index is 0.186. The van der Waals surface area contributed by atoms with E-state index in [9.17, 15) is 8.42 Å².